The van der Waals surface area contributed by atoms with Gasteiger partial charge in [-0.15, -0.1) is 11.3 Å². The summed E-state index contributed by atoms with van der Waals surface area (Å²) in [6, 6.07) is 3.65. The summed E-state index contributed by atoms with van der Waals surface area (Å²) < 4.78 is 5.14. The first-order valence-electron chi connectivity index (χ1n) is 5.87. The van der Waals surface area contributed by atoms with Crippen LogP contribution in [0.1, 0.15) is 27.8 Å². The van der Waals surface area contributed by atoms with E-state index in [-0.39, 0.29) is 5.91 Å². The van der Waals surface area contributed by atoms with Gasteiger partial charge in [0.1, 0.15) is 5.76 Å². The average Bonchev–Trinajstić information content (AvgIpc) is 2.95. The first-order chi connectivity index (χ1) is 8.65. The van der Waals surface area contributed by atoms with Crippen molar-refractivity contribution in [3.05, 3.63) is 39.7 Å². The van der Waals surface area contributed by atoms with Crippen molar-refractivity contribution < 1.29 is 9.21 Å². The van der Waals surface area contributed by atoms with E-state index in [1.807, 2.05) is 26.0 Å². The molecule has 0 aromatic carbocycles. The fourth-order valence-corrected chi connectivity index (χ4v) is 2.49. The lowest BCUT2D eigenvalue weighted by molar-refractivity contribution is -0.121. The molecule has 0 saturated carbocycles. The molecule has 4 nitrogen and oxygen atoms in total. The summed E-state index contributed by atoms with van der Waals surface area (Å²) in [4.78, 5) is 17.3. The summed E-state index contributed by atoms with van der Waals surface area (Å²) in [6.07, 6.45) is 2.76. The third kappa shape index (κ3) is 3.43. The number of amides is 1. The summed E-state index contributed by atoms with van der Waals surface area (Å²) in [5.74, 6) is 0.793. The molecular formula is C13H16N2O2S. The number of thiazole rings is 1. The first-order valence-corrected chi connectivity index (χ1v) is 6.69. The predicted molar refractivity (Wildman–Crippen MR) is 70.5 cm³/mol. The van der Waals surface area contributed by atoms with Crippen LogP contribution in [-0.2, 0) is 17.8 Å². The Kier molecular flexibility index (Phi) is 4.15. The van der Waals surface area contributed by atoms with Crippen molar-refractivity contribution in [3.8, 4) is 0 Å². The number of nitrogens with zero attached hydrogens (tertiary/aromatic N) is 1. The Morgan fingerprint density at radius 1 is 1.50 bits per heavy atom. The van der Waals surface area contributed by atoms with Gasteiger partial charge in [0, 0.05) is 17.7 Å². The molecule has 2 rings (SSSR count). The van der Waals surface area contributed by atoms with Gasteiger partial charge in [-0.05, 0) is 26.0 Å². The van der Waals surface area contributed by atoms with Crippen LogP contribution >= 0.6 is 11.3 Å². The first kappa shape index (κ1) is 12.8. The van der Waals surface area contributed by atoms with Crippen molar-refractivity contribution in [2.24, 2.45) is 0 Å². The van der Waals surface area contributed by atoms with Gasteiger partial charge < -0.3 is 9.73 Å². The largest absolute Gasteiger partial charge is 0.467 e. The van der Waals surface area contributed by atoms with Crippen LogP contribution in [0, 0.1) is 13.8 Å². The smallest absolute Gasteiger partial charge is 0.220 e. The van der Waals surface area contributed by atoms with Gasteiger partial charge in [-0.2, -0.15) is 0 Å². The molecular weight excluding hydrogens is 248 g/mol. The lowest BCUT2D eigenvalue weighted by Crippen LogP contribution is -2.22. The van der Waals surface area contributed by atoms with E-state index in [9.17, 15) is 4.79 Å². The second kappa shape index (κ2) is 5.82. The summed E-state index contributed by atoms with van der Waals surface area (Å²) in [5.41, 5.74) is 1.06. The highest BCUT2D eigenvalue weighted by Crippen LogP contribution is 2.17. The SMILES string of the molecule is Cc1nc(CCC(=O)NCc2ccco2)sc1C. The molecule has 18 heavy (non-hydrogen) atoms. The number of nitrogens with one attached hydrogen (secondary N) is 1. The van der Waals surface area contributed by atoms with Crippen LogP contribution in [0.25, 0.3) is 0 Å². The van der Waals surface area contributed by atoms with Gasteiger partial charge in [-0.25, -0.2) is 4.98 Å². The maximum atomic E-state index is 11.6. The molecule has 0 aliphatic carbocycles. The molecule has 0 bridgehead atoms. The molecule has 0 radical (unpaired) electrons. The molecule has 2 heterocycles. The van der Waals surface area contributed by atoms with Crippen LogP contribution in [0.15, 0.2) is 22.8 Å². The number of aromatic nitrogens is 1. The number of aryl methyl sites for hydroxylation is 3. The van der Waals surface area contributed by atoms with Gasteiger partial charge in [0.25, 0.3) is 0 Å². The van der Waals surface area contributed by atoms with Crippen LogP contribution in [0.3, 0.4) is 0 Å². The van der Waals surface area contributed by atoms with E-state index in [1.54, 1.807) is 17.6 Å². The van der Waals surface area contributed by atoms with E-state index in [0.717, 1.165) is 16.5 Å². The van der Waals surface area contributed by atoms with E-state index in [4.69, 9.17) is 4.42 Å². The minimum atomic E-state index is 0.0249. The Labute approximate surface area is 110 Å². The van der Waals surface area contributed by atoms with Crippen LogP contribution < -0.4 is 5.32 Å². The third-order valence-electron chi connectivity index (χ3n) is 2.68. The Morgan fingerprint density at radius 3 is 2.94 bits per heavy atom. The van der Waals surface area contributed by atoms with Crippen LogP contribution in [0.4, 0.5) is 0 Å². The molecule has 0 spiro atoms. The molecule has 5 heteroatoms. The molecule has 1 N–H and O–H groups in total. The standard InChI is InChI=1S/C13H16N2O2S/c1-9-10(2)18-13(15-9)6-5-12(16)14-8-11-4-3-7-17-11/h3-4,7H,5-6,8H2,1-2H3,(H,14,16). The molecule has 2 aromatic rings. The maximum absolute atomic E-state index is 11.6. The monoisotopic (exact) mass is 264 g/mol. The number of rotatable bonds is 5. The van der Waals surface area contributed by atoms with Crippen molar-refractivity contribution in [1.82, 2.24) is 10.3 Å². The molecule has 0 fully saturated rings. The van der Waals surface area contributed by atoms with Crippen molar-refractivity contribution in [2.75, 3.05) is 0 Å². The molecule has 0 atom stereocenters. The average molecular weight is 264 g/mol. The van der Waals surface area contributed by atoms with Gasteiger partial charge in [0.05, 0.1) is 23.5 Å². The molecule has 1 amide bonds. The molecule has 96 valence electrons. The Bertz CT molecular complexity index is 498. The lowest BCUT2D eigenvalue weighted by atomic mass is 10.3. The fourth-order valence-electron chi connectivity index (χ4n) is 1.55. The van der Waals surface area contributed by atoms with Gasteiger partial charge in [0.2, 0.25) is 5.91 Å². The van der Waals surface area contributed by atoms with Crippen LogP contribution in [-0.4, -0.2) is 10.9 Å². The zero-order valence-electron chi connectivity index (χ0n) is 10.5. The minimum Gasteiger partial charge on any atom is -0.467 e. The zero-order valence-corrected chi connectivity index (χ0v) is 11.3. The van der Waals surface area contributed by atoms with Crippen LogP contribution in [0.2, 0.25) is 0 Å². The second-order valence-corrected chi connectivity index (χ2v) is 5.39. The van der Waals surface area contributed by atoms with Crippen molar-refractivity contribution in [2.45, 2.75) is 33.2 Å². The Morgan fingerprint density at radius 2 is 2.33 bits per heavy atom. The number of hydrogen-bond donors (Lipinski definition) is 1. The minimum absolute atomic E-state index is 0.0249. The lowest BCUT2D eigenvalue weighted by Gasteiger charge is -2.01. The molecule has 2 aromatic heterocycles. The molecule has 0 saturated heterocycles. The van der Waals surface area contributed by atoms with Gasteiger partial charge in [0.15, 0.2) is 0 Å². The van der Waals surface area contributed by atoms with Crippen molar-refractivity contribution in [3.63, 3.8) is 0 Å². The van der Waals surface area contributed by atoms with E-state index >= 15 is 0 Å². The topological polar surface area (TPSA) is 55.1 Å². The Hall–Kier alpha value is -1.62. The van der Waals surface area contributed by atoms with E-state index in [0.29, 0.717) is 19.4 Å². The summed E-state index contributed by atoms with van der Waals surface area (Å²) in [7, 11) is 0. The molecule has 0 aliphatic heterocycles. The number of carbonyl (C=O) groups excluding carboxylic acids is 1. The fraction of sp³-hybridized carbons (Fsp3) is 0.385. The quantitative estimate of drug-likeness (QED) is 0.903. The highest BCUT2D eigenvalue weighted by molar-refractivity contribution is 7.11. The highest BCUT2D eigenvalue weighted by Gasteiger charge is 2.07. The second-order valence-electron chi connectivity index (χ2n) is 4.11. The van der Waals surface area contributed by atoms with Crippen molar-refractivity contribution in [1.29, 1.82) is 0 Å². The number of furan rings is 1. The summed E-state index contributed by atoms with van der Waals surface area (Å²) in [6.45, 7) is 4.49. The van der Waals surface area contributed by atoms with Crippen LogP contribution in [0.5, 0.6) is 0 Å². The predicted octanol–water partition coefficient (Wildman–Crippen LogP) is 2.60. The van der Waals surface area contributed by atoms with E-state index < -0.39 is 0 Å². The summed E-state index contributed by atoms with van der Waals surface area (Å²) >= 11 is 1.66. The Balaban J connectivity index is 1.74. The van der Waals surface area contributed by atoms with E-state index in [2.05, 4.69) is 10.3 Å². The normalized spacial score (nSPS) is 10.6. The maximum Gasteiger partial charge on any atom is 0.220 e. The number of carbonyl (C=O) groups is 1. The summed E-state index contributed by atoms with van der Waals surface area (Å²) in [5, 5.41) is 3.85. The van der Waals surface area contributed by atoms with Crippen molar-refractivity contribution >= 4 is 17.2 Å². The molecule has 0 unspecified atom stereocenters. The van der Waals surface area contributed by atoms with Gasteiger partial charge in [-0.3, -0.25) is 4.79 Å². The van der Waals surface area contributed by atoms with Gasteiger partial charge >= 0.3 is 0 Å². The molecule has 0 aliphatic rings. The van der Waals surface area contributed by atoms with E-state index in [1.165, 1.54) is 4.88 Å². The van der Waals surface area contributed by atoms with Gasteiger partial charge in [-0.1, -0.05) is 0 Å². The number of hydrogen-bond acceptors (Lipinski definition) is 4. The highest BCUT2D eigenvalue weighted by atomic mass is 32.1. The third-order valence-corrected chi connectivity index (χ3v) is 3.81. The zero-order chi connectivity index (χ0) is 13.0.